The maximum absolute atomic E-state index is 10.6. The van der Waals surface area contributed by atoms with E-state index in [4.69, 9.17) is 0 Å². The number of hydrogen-bond acceptors (Lipinski definition) is 4. The predicted molar refractivity (Wildman–Crippen MR) is 155 cm³/mol. The van der Waals surface area contributed by atoms with Gasteiger partial charge in [0.2, 0.25) is 0 Å². The Kier molecular flexibility index (Phi) is 13.7. The first-order valence-electron chi connectivity index (χ1n) is 12.8. The first kappa shape index (κ1) is 30.5. The van der Waals surface area contributed by atoms with E-state index in [9.17, 15) is 10.1 Å². The average Bonchev–Trinajstić information content (AvgIpc) is 2.88. The van der Waals surface area contributed by atoms with Crippen LogP contribution in [0.4, 0.5) is 5.69 Å². The molecule has 0 saturated carbocycles. The number of nitrogens with one attached hydrogen (secondary N) is 1. The third kappa shape index (κ3) is 9.23. The van der Waals surface area contributed by atoms with Crippen LogP contribution in [0.15, 0.2) is 84.1 Å². The van der Waals surface area contributed by atoms with Crippen molar-refractivity contribution in [1.82, 2.24) is 4.90 Å². The van der Waals surface area contributed by atoms with Gasteiger partial charge in [-0.05, 0) is 38.7 Å². The van der Waals surface area contributed by atoms with E-state index < -0.39 is 0 Å². The molecule has 0 amide bonds. The van der Waals surface area contributed by atoms with Gasteiger partial charge < -0.3 is 10.2 Å². The molecule has 0 saturated heterocycles. The van der Waals surface area contributed by atoms with E-state index in [1.165, 1.54) is 5.57 Å². The molecular formula is C32H43N3O. The normalized spacial score (nSPS) is 11.6. The largest absolute Gasteiger partial charge is 0.388 e. The minimum atomic E-state index is 0.121. The molecule has 0 atom stereocenters. The van der Waals surface area contributed by atoms with Crippen molar-refractivity contribution in [3.63, 3.8) is 0 Å². The molecule has 0 radical (unpaired) electrons. The number of ketones is 1. The lowest BCUT2D eigenvalue weighted by Gasteiger charge is -2.27. The van der Waals surface area contributed by atoms with Gasteiger partial charge in [-0.25, -0.2) is 0 Å². The lowest BCUT2D eigenvalue weighted by molar-refractivity contribution is 0.101. The highest BCUT2D eigenvalue weighted by molar-refractivity contribution is 5.93. The van der Waals surface area contributed by atoms with E-state index in [-0.39, 0.29) is 5.78 Å². The zero-order valence-corrected chi connectivity index (χ0v) is 23.2. The highest BCUT2D eigenvalue weighted by Gasteiger charge is 2.18. The molecule has 0 heterocycles. The molecule has 2 aromatic rings. The number of carbonyl (C=O) groups is 1. The van der Waals surface area contributed by atoms with Gasteiger partial charge in [0, 0.05) is 48.2 Å². The summed E-state index contributed by atoms with van der Waals surface area (Å²) in [5.41, 5.74) is 6.47. The van der Waals surface area contributed by atoms with Crippen LogP contribution in [0.5, 0.6) is 0 Å². The summed E-state index contributed by atoms with van der Waals surface area (Å²) in [6.07, 6.45) is 4.21. The molecule has 192 valence electrons. The molecule has 0 aliphatic rings. The SMILES string of the molecule is C=C(/C(C#N)=C(\C=C(/C)C(C)C)c1ccccc1NC)N(CCC)CCC.CC(=O)c1ccccc1. The molecule has 36 heavy (non-hydrogen) atoms. The number of para-hydroxylation sites is 1. The summed E-state index contributed by atoms with van der Waals surface area (Å²) >= 11 is 0. The van der Waals surface area contributed by atoms with Gasteiger partial charge in [-0.3, -0.25) is 4.79 Å². The van der Waals surface area contributed by atoms with E-state index in [0.29, 0.717) is 11.5 Å². The lowest BCUT2D eigenvalue weighted by atomic mass is 9.92. The molecule has 0 aliphatic carbocycles. The molecule has 0 unspecified atom stereocenters. The van der Waals surface area contributed by atoms with Crippen LogP contribution in [-0.2, 0) is 0 Å². The maximum atomic E-state index is 10.6. The minimum absolute atomic E-state index is 0.121. The average molecular weight is 486 g/mol. The van der Waals surface area contributed by atoms with Crippen molar-refractivity contribution < 1.29 is 4.79 Å². The Morgan fingerprint density at radius 1 is 1.03 bits per heavy atom. The molecule has 2 aromatic carbocycles. The fourth-order valence-electron chi connectivity index (χ4n) is 3.65. The molecule has 0 spiro atoms. The topological polar surface area (TPSA) is 56.1 Å². The molecular weight excluding hydrogens is 442 g/mol. The molecule has 4 heteroatoms. The first-order valence-corrected chi connectivity index (χ1v) is 12.8. The van der Waals surface area contributed by atoms with Crippen LogP contribution in [0.3, 0.4) is 0 Å². The smallest absolute Gasteiger partial charge is 0.159 e. The van der Waals surface area contributed by atoms with Gasteiger partial charge in [-0.15, -0.1) is 0 Å². The van der Waals surface area contributed by atoms with E-state index in [2.05, 4.69) is 69.6 Å². The van der Waals surface area contributed by atoms with E-state index in [1.54, 1.807) is 6.92 Å². The molecule has 0 aromatic heterocycles. The second-order valence-corrected chi connectivity index (χ2v) is 9.10. The van der Waals surface area contributed by atoms with Crippen molar-refractivity contribution in [2.45, 2.75) is 54.4 Å². The summed E-state index contributed by atoms with van der Waals surface area (Å²) in [4.78, 5) is 12.9. The second-order valence-electron chi connectivity index (χ2n) is 9.10. The molecule has 0 bridgehead atoms. The van der Waals surface area contributed by atoms with Crippen molar-refractivity contribution >= 4 is 17.0 Å². The van der Waals surface area contributed by atoms with Gasteiger partial charge in [0.25, 0.3) is 0 Å². The van der Waals surface area contributed by atoms with Crippen LogP contribution >= 0.6 is 0 Å². The summed E-state index contributed by atoms with van der Waals surface area (Å²) in [7, 11) is 1.91. The van der Waals surface area contributed by atoms with Crippen molar-refractivity contribution in [3.05, 3.63) is 95.2 Å². The van der Waals surface area contributed by atoms with Crippen LogP contribution in [0.1, 0.15) is 70.3 Å². The third-order valence-corrected chi connectivity index (χ3v) is 5.99. The van der Waals surface area contributed by atoms with E-state index >= 15 is 0 Å². The molecule has 4 nitrogen and oxygen atoms in total. The zero-order valence-electron chi connectivity index (χ0n) is 23.2. The summed E-state index contributed by atoms with van der Waals surface area (Å²) < 4.78 is 0. The van der Waals surface area contributed by atoms with Crippen molar-refractivity contribution in [1.29, 1.82) is 5.26 Å². The third-order valence-electron chi connectivity index (χ3n) is 5.99. The second kappa shape index (κ2) is 16.2. The number of anilines is 1. The summed E-state index contributed by atoms with van der Waals surface area (Å²) in [5, 5.41) is 13.3. The van der Waals surface area contributed by atoms with E-state index in [1.807, 2.05) is 55.6 Å². The maximum Gasteiger partial charge on any atom is 0.159 e. The van der Waals surface area contributed by atoms with Crippen molar-refractivity contribution in [2.24, 2.45) is 5.92 Å². The highest BCUT2D eigenvalue weighted by atomic mass is 16.1. The summed E-state index contributed by atoms with van der Waals surface area (Å²) in [6.45, 7) is 18.5. The number of allylic oxidation sites excluding steroid dienone is 4. The summed E-state index contributed by atoms with van der Waals surface area (Å²) in [6, 6.07) is 19.8. The van der Waals surface area contributed by atoms with Gasteiger partial charge in [-0.2, -0.15) is 5.26 Å². The molecule has 0 aliphatic heterocycles. The molecule has 1 N–H and O–H groups in total. The minimum Gasteiger partial charge on any atom is -0.388 e. The van der Waals surface area contributed by atoms with Crippen LogP contribution in [0, 0.1) is 17.2 Å². The number of benzene rings is 2. The van der Waals surface area contributed by atoms with Crippen molar-refractivity contribution in [3.8, 4) is 6.07 Å². The summed E-state index contributed by atoms with van der Waals surface area (Å²) in [5.74, 6) is 0.535. The van der Waals surface area contributed by atoms with Gasteiger partial charge in [-0.1, -0.05) is 94.5 Å². The highest BCUT2D eigenvalue weighted by Crippen LogP contribution is 2.32. The predicted octanol–water partition coefficient (Wildman–Crippen LogP) is 8.13. The fraction of sp³-hybridized carbons (Fsp3) is 0.375. The zero-order chi connectivity index (χ0) is 27.1. The van der Waals surface area contributed by atoms with Crippen LogP contribution in [-0.4, -0.2) is 30.8 Å². The Balaban J connectivity index is 0.000000600. The number of carbonyl (C=O) groups excluding carboxylic acids is 1. The Hall–Kier alpha value is -3.58. The quantitative estimate of drug-likeness (QED) is 0.198. The van der Waals surface area contributed by atoms with Crippen LogP contribution < -0.4 is 5.32 Å². The number of Topliss-reactive ketones (excluding diaryl/α,β-unsaturated/α-hetero) is 1. The monoisotopic (exact) mass is 485 g/mol. The fourth-order valence-corrected chi connectivity index (χ4v) is 3.65. The number of hydrogen-bond donors (Lipinski definition) is 1. The van der Waals surface area contributed by atoms with Gasteiger partial charge >= 0.3 is 0 Å². The number of nitriles is 1. The Morgan fingerprint density at radius 2 is 1.58 bits per heavy atom. The lowest BCUT2D eigenvalue weighted by Crippen LogP contribution is -2.25. The van der Waals surface area contributed by atoms with Gasteiger partial charge in [0.1, 0.15) is 6.07 Å². The van der Waals surface area contributed by atoms with Gasteiger partial charge in [0.15, 0.2) is 5.78 Å². The first-order chi connectivity index (χ1) is 17.2. The standard InChI is InChI=1S/C24H35N3.C8H8O/c1-8-14-27(15-9-2)20(6)23(17-25)22(16-19(5)18(3)4)21-12-10-11-13-24(21)26-7;1-7(9)8-5-3-2-4-6-8/h10-13,16,18,26H,6,8-9,14-15H2,1-5,7H3;2-6H,1H3/b19-16+,23-22+;. The number of nitrogens with zero attached hydrogens (tertiary/aromatic N) is 2. The molecule has 2 rings (SSSR count). The molecule has 0 fully saturated rings. The Labute approximate surface area is 219 Å². The Bertz CT molecular complexity index is 1080. The van der Waals surface area contributed by atoms with Crippen LogP contribution in [0.25, 0.3) is 5.57 Å². The van der Waals surface area contributed by atoms with Gasteiger partial charge in [0.05, 0.1) is 5.57 Å². The van der Waals surface area contributed by atoms with Crippen LogP contribution in [0.2, 0.25) is 0 Å². The van der Waals surface area contributed by atoms with Crippen molar-refractivity contribution in [2.75, 3.05) is 25.5 Å². The Morgan fingerprint density at radius 3 is 2.03 bits per heavy atom. The van der Waals surface area contributed by atoms with E-state index in [0.717, 1.165) is 54.0 Å². The number of rotatable bonds is 11.